The van der Waals surface area contributed by atoms with Gasteiger partial charge in [-0.2, -0.15) is 5.10 Å². The number of hydrogen-bond acceptors (Lipinski definition) is 5. The molecule has 3 heterocycles. The minimum atomic E-state index is -0.203. The summed E-state index contributed by atoms with van der Waals surface area (Å²) in [6.45, 7) is 8.36. The molecule has 0 saturated carbocycles. The molecular formula is C19H24N4O2S. The first-order chi connectivity index (χ1) is 12.5. The number of aromatic nitrogens is 3. The molecule has 1 N–H and O–H groups in total. The fourth-order valence-corrected chi connectivity index (χ4v) is 3.84. The highest BCUT2D eigenvalue weighted by molar-refractivity contribution is 7.10. The van der Waals surface area contributed by atoms with E-state index in [1.54, 1.807) is 11.3 Å². The second-order valence-electron chi connectivity index (χ2n) is 6.48. The van der Waals surface area contributed by atoms with Crippen LogP contribution in [0.4, 0.5) is 0 Å². The molecule has 6 nitrogen and oxygen atoms in total. The van der Waals surface area contributed by atoms with Gasteiger partial charge in [0.2, 0.25) is 0 Å². The molecule has 0 aromatic carbocycles. The summed E-state index contributed by atoms with van der Waals surface area (Å²) in [5, 5.41) is 13.6. The van der Waals surface area contributed by atoms with E-state index in [4.69, 9.17) is 4.52 Å². The zero-order valence-corrected chi connectivity index (χ0v) is 16.4. The van der Waals surface area contributed by atoms with Crippen LogP contribution in [-0.2, 0) is 6.54 Å². The molecule has 3 aromatic rings. The predicted octanol–water partition coefficient (Wildman–Crippen LogP) is 4.18. The fraction of sp³-hybridized carbons (Fsp3) is 0.421. The number of rotatable bonds is 7. The molecule has 7 heteroatoms. The van der Waals surface area contributed by atoms with Crippen LogP contribution in [0.25, 0.3) is 0 Å². The summed E-state index contributed by atoms with van der Waals surface area (Å²) in [5.74, 6) is 0.441. The first-order valence-corrected chi connectivity index (χ1v) is 9.68. The van der Waals surface area contributed by atoms with E-state index in [9.17, 15) is 4.79 Å². The predicted molar refractivity (Wildman–Crippen MR) is 101 cm³/mol. The van der Waals surface area contributed by atoms with E-state index in [1.807, 2.05) is 43.0 Å². The van der Waals surface area contributed by atoms with Crippen molar-refractivity contribution in [2.75, 3.05) is 0 Å². The number of thiophene rings is 1. The van der Waals surface area contributed by atoms with Gasteiger partial charge in [-0.25, -0.2) is 0 Å². The van der Waals surface area contributed by atoms with Gasteiger partial charge in [-0.3, -0.25) is 9.48 Å². The van der Waals surface area contributed by atoms with Gasteiger partial charge in [0.25, 0.3) is 5.91 Å². The Labute approximate surface area is 157 Å². The van der Waals surface area contributed by atoms with Crippen LogP contribution in [0, 0.1) is 20.8 Å². The monoisotopic (exact) mass is 372 g/mol. The molecule has 138 valence electrons. The molecule has 1 atom stereocenters. The summed E-state index contributed by atoms with van der Waals surface area (Å²) in [7, 11) is 0. The van der Waals surface area contributed by atoms with Crippen molar-refractivity contribution in [3.8, 4) is 0 Å². The van der Waals surface area contributed by atoms with Gasteiger partial charge in [-0.1, -0.05) is 24.6 Å². The number of aryl methyl sites for hydroxylation is 3. The van der Waals surface area contributed by atoms with Gasteiger partial charge in [0, 0.05) is 16.1 Å². The van der Waals surface area contributed by atoms with E-state index in [0.29, 0.717) is 18.0 Å². The highest BCUT2D eigenvalue weighted by Crippen LogP contribution is 2.24. The van der Waals surface area contributed by atoms with Crippen LogP contribution in [0.2, 0.25) is 0 Å². The first kappa shape index (κ1) is 18.4. The van der Waals surface area contributed by atoms with E-state index in [2.05, 4.69) is 28.6 Å². The van der Waals surface area contributed by atoms with Crippen LogP contribution in [0.3, 0.4) is 0 Å². The van der Waals surface area contributed by atoms with Gasteiger partial charge in [-0.15, -0.1) is 11.3 Å². The largest absolute Gasteiger partial charge is 0.361 e. The molecule has 0 aliphatic carbocycles. The van der Waals surface area contributed by atoms with Gasteiger partial charge in [0.05, 0.1) is 18.3 Å². The first-order valence-electron chi connectivity index (χ1n) is 8.80. The van der Waals surface area contributed by atoms with Crippen LogP contribution in [0.1, 0.15) is 63.9 Å². The normalized spacial score (nSPS) is 12.3. The number of nitrogens with zero attached hydrogens (tertiary/aromatic N) is 3. The van der Waals surface area contributed by atoms with Crippen molar-refractivity contribution >= 4 is 17.2 Å². The average molecular weight is 372 g/mol. The summed E-state index contributed by atoms with van der Waals surface area (Å²) in [5.41, 5.74) is 3.10. The SMILES string of the molecule is CCCC(NC(=O)c1noc(C)c1Cn1nc(C)cc1C)c1cccs1. The summed E-state index contributed by atoms with van der Waals surface area (Å²) in [4.78, 5) is 14.0. The van der Waals surface area contributed by atoms with Crippen LogP contribution in [0.5, 0.6) is 0 Å². The number of hydrogen-bond donors (Lipinski definition) is 1. The molecule has 1 amide bonds. The van der Waals surface area contributed by atoms with Crippen molar-refractivity contribution in [3.63, 3.8) is 0 Å². The van der Waals surface area contributed by atoms with Crippen molar-refractivity contribution < 1.29 is 9.32 Å². The maximum atomic E-state index is 12.9. The lowest BCUT2D eigenvalue weighted by atomic mass is 10.1. The molecule has 0 fully saturated rings. The highest BCUT2D eigenvalue weighted by atomic mass is 32.1. The molecule has 3 aromatic heterocycles. The lowest BCUT2D eigenvalue weighted by Gasteiger charge is -2.16. The van der Waals surface area contributed by atoms with Crippen molar-refractivity contribution in [2.24, 2.45) is 0 Å². The quantitative estimate of drug-likeness (QED) is 0.675. The summed E-state index contributed by atoms with van der Waals surface area (Å²) in [6.07, 6.45) is 1.87. The lowest BCUT2D eigenvalue weighted by Crippen LogP contribution is -2.29. The van der Waals surface area contributed by atoms with Crippen molar-refractivity contribution in [2.45, 2.75) is 53.1 Å². The fourth-order valence-electron chi connectivity index (χ4n) is 3.03. The Kier molecular flexibility index (Phi) is 5.56. The van der Waals surface area contributed by atoms with E-state index < -0.39 is 0 Å². The third-order valence-electron chi connectivity index (χ3n) is 4.38. The molecule has 26 heavy (non-hydrogen) atoms. The van der Waals surface area contributed by atoms with Crippen LogP contribution >= 0.6 is 11.3 Å². The number of carbonyl (C=O) groups excluding carboxylic acids is 1. The second-order valence-corrected chi connectivity index (χ2v) is 7.46. The number of nitrogens with one attached hydrogen (secondary N) is 1. The standard InChI is InChI=1S/C19H24N4O2S/c1-5-7-16(17-8-6-9-26-17)20-19(24)18-15(14(4)25-22-18)11-23-13(3)10-12(2)21-23/h6,8-10,16H,5,7,11H2,1-4H3,(H,20,24). The molecule has 0 aliphatic heterocycles. The van der Waals surface area contributed by atoms with E-state index in [1.165, 1.54) is 0 Å². The van der Waals surface area contributed by atoms with Crippen LogP contribution in [0.15, 0.2) is 28.1 Å². The van der Waals surface area contributed by atoms with E-state index in [-0.39, 0.29) is 11.9 Å². The molecular weight excluding hydrogens is 348 g/mol. The van der Waals surface area contributed by atoms with Gasteiger partial charge in [0.1, 0.15) is 5.76 Å². The van der Waals surface area contributed by atoms with Crippen molar-refractivity contribution in [3.05, 3.63) is 56.9 Å². The third kappa shape index (κ3) is 3.88. The Morgan fingerprint density at radius 3 is 2.81 bits per heavy atom. The molecule has 0 aliphatic rings. The topological polar surface area (TPSA) is 73.0 Å². The van der Waals surface area contributed by atoms with Gasteiger partial charge in [-0.05, 0) is 44.7 Å². The third-order valence-corrected chi connectivity index (χ3v) is 5.37. The van der Waals surface area contributed by atoms with Gasteiger partial charge in [0.15, 0.2) is 5.69 Å². The molecule has 0 radical (unpaired) electrons. The Balaban J connectivity index is 1.82. The molecule has 0 saturated heterocycles. The average Bonchev–Trinajstić information content (AvgIpc) is 3.30. The summed E-state index contributed by atoms with van der Waals surface area (Å²) < 4.78 is 7.19. The maximum absolute atomic E-state index is 12.9. The minimum Gasteiger partial charge on any atom is -0.361 e. The molecule has 3 rings (SSSR count). The van der Waals surface area contributed by atoms with Crippen molar-refractivity contribution in [1.82, 2.24) is 20.3 Å². The van der Waals surface area contributed by atoms with Crippen LogP contribution in [-0.4, -0.2) is 20.8 Å². The van der Waals surface area contributed by atoms with Crippen LogP contribution < -0.4 is 5.32 Å². The lowest BCUT2D eigenvalue weighted by molar-refractivity contribution is 0.0925. The van der Waals surface area contributed by atoms with Gasteiger partial charge >= 0.3 is 0 Å². The smallest absolute Gasteiger partial charge is 0.274 e. The Hall–Kier alpha value is -2.41. The zero-order chi connectivity index (χ0) is 18.7. The Morgan fingerprint density at radius 1 is 1.38 bits per heavy atom. The summed E-state index contributed by atoms with van der Waals surface area (Å²) in [6, 6.07) is 6.06. The molecule has 0 spiro atoms. The molecule has 1 unspecified atom stereocenters. The summed E-state index contributed by atoms with van der Waals surface area (Å²) >= 11 is 1.65. The number of carbonyl (C=O) groups is 1. The van der Waals surface area contributed by atoms with Crippen molar-refractivity contribution in [1.29, 1.82) is 0 Å². The second kappa shape index (κ2) is 7.86. The Bertz CT molecular complexity index is 880. The molecule has 0 bridgehead atoms. The number of amides is 1. The Morgan fingerprint density at radius 2 is 2.19 bits per heavy atom. The van der Waals surface area contributed by atoms with E-state index in [0.717, 1.165) is 34.7 Å². The zero-order valence-electron chi connectivity index (χ0n) is 15.6. The minimum absolute atomic E-state index is 0.00830. The highest BCUT2D eigenvalue weighted by Gasteiger charge is 2.24. The maximum Gasteiger partial charge on any atom is 0.274 e. The van der Waals surface area contributed by atoms with E-state index >= 15 is 0 Å². The van der Waals surface area contributed by atoms with Gasteiger partial charge < -0.3 is 9.84 Å².